The SMILES string of the molecule is CC(C)=CC(=O)N1CCN(C(=O)c2cnn3c2CCCC3)CC1. The highest BCUT2D eigenvalue weighted by Gasteiger charge is 2.27. The molecule has 1 fully saturated rings. The summed E-state index contributed by atoms with van der Waals surface area (Å²) in [4.78, 5) is 28.4. The van der Waals surface area contributed by atoms with Gasteiger partial charge >= 0.3 is 0 Å². The number of nitrogens with zero attached hydrogens (tertiary/aromatic N) is 4. The van der Waals surface area contributed by atoms with Crippen molar-refractivity contribution < 1.29 is 9.59 Å². The molecule has 6 nitrogen and oxygen atoms in total. The summed E-state index contributed by atoms with van der Waals surface area (Å²) in [5.74, 6) is 0.0995. The van der Waals surface area contributed by atoms with E-state index in [1.165, 1.54) is 0 Å². The standard InChI is InChI=1S/C17H24N4O2/c1-13(2)11-16(22)19-7-9-20(10-8-19)17(23)14-12-18-21-6-4-3-5-15(14)21/h11-12H,3-10H2,1-2H3. The molecule has 1 saturated heterocycles. The quantitative estimate of drug-likeness (QED) is 0.776. The predicted octanol–water partition coefficient (Wildman–Crippen LogP) is 1.47. The fourth-order valence-corrected chi connectivity index (χ4v) is 3.24. The van der Waals surface area contributed by atoms with Crippen molar-refractivity contribution in [2.24, 2.45) is 0 Å². The molecule has 0 aromatic carbocycles. The molecule has 0 atom stereocenters. The summed E-state index contributed by atoms with van der Waals surface area (Å²) >= 11 is 0. The number of aromatic nitrogens is 2. The van der Waals surface area contributed by atoms with Gasteiger partial charge < -0.3 is 9.80 Å². The number of hydrogen-bond acceptors (Lipinski definition) is 3. The number of rotatable bonds is 2. The second kappa shape index (κ2) is 6.56. The Morgan fingerprint density at radius 2 is 1.74 bits per heavy atom. The summed E-state index contributed by atoms with van der Waals surface area (Å²) in [6.45, 7) is 7.11. The molecule has 0 saturated carbocycles. The van der Waals surface area contributed by atoms with Crippen LogP contribution in [0.2, 0.25) is 0 Å². The molecule has 1 aromatic rings. The van der Waals surface area contributed by atoms with E-state index in [4.69, 9.17) is 0 Å². The molecule has 0 radical (unpaired) electrons. The maximum atomic E-state index is 12.7. The number of allylic oxidation sites excluding steroid dienone is 1. The zero-order valence-electron chi connectivity index (χ0n) is 13.9. The van der Waals surface area contributed by atoms with E-state index >= 15 is 0 Å². The molecule has 0 bridgehead atoms. The molecule has 2 aliphatic rings. The third kappa shape index (κ3) is 3.30. The number of carbonyl (C=O) groups excluding carboxylic acids is 2. The van der Waals surface area contributed by atoms with Crippen LogP contribution in [0.3, 0.4) is 0 Å². The molecule has 6 heteroatoms. The van der Waals surface area contributed by atoms with Gasteiger partial charge in [-0.1, -0.05) is 5.57 Å². The third-order valence-corrected chi connectivity index (χ3v) is 4.50. The van der Waals surface area contributed by atoms with E-state index in [1.807, 2.05) is 28.3 Å². The number of hydrogen-bond donors (Lipinski definition) is 0. The van der Waals surface area contributed by atoms with Gasteiger partial charge in [0.05, 0.1) is 17.5 Å². The van der Waals surface area contributed by atoms with Crippen molar-refractivity contribution in [1.29, 1.82) is 0 Å². The molecule has 2 amide bonds. The molecule has 0 aliphatic carbocycles. The molecule has 0 spiro atoms. The second-order valence-corrected chi connectivity index (χ2v) is 6.52. The zero-order chi connectivity index (χ0) is 16.4. The number of piperazine rings is 1. The highest BCUT2D eigenvalue weighted by atomic mass is 16.2. The van der Waals surface area contributed by atoms with Crippen molar-refractivity contribution in [3.8, 4) is 0 Å². The first kappa shape index (κ1) is 15.8. The largest absolute Gasteiger partial charge is 0.336 e. The first-order chi connectivity index (χ1) is 11.1. The molecule has 1 aromatic heterocycles. The van der Waals surface area contributed by atoms with Crippen LogP contribution in [0.15, 0.2) is 17.8 Å². The number of fused-ring (bicyclic) bond motifs is 1. The van der Waals surface area contributed by atoms with E-state index in [9.17, 15) is 9.59 Å². The summed E-state index contributed by atoms with van der Waals surface area (Å²) in [6, 6.07) is 0. The zero-order valence-corrected chi connectivity index (χ0v) is 13.9. The Morgan fingerprint density at radius 3 is 2.43 bits per heavy atom. The predicted molar refractivity (Wildman–Crippen MR) is 87.1 cm³/mol. The van der Waals surface area contributed by atoms with Gasteiger partial charge in [-0.15, -0.1) is 0 Å². The van der Waals surface area contributed by atoms with Gasteiger partial charge in [-0.05, 0) is 33.1 Å². The van der Waals surface area contributed by atoms with Crippen LogP contribution in [0.4, 0.5) is 0 Å². The Morgan fingerprint density at radius 1 is 1.04 bits per heavy atom. The van der Waals surface area contributed by atoms with Crippen molar-refractivity contribution in [3.63, 3.8) is 0 Å². The van der Waals surface area contributed by atoms with Gasteiger partial charge in [0.1, 0.15) is 0 Å². The van der Waals surface area contributed by atoms with E-state index in [2.05, 4.69) is 5.10 Å². The van der Waals surface area contributed by atoms with Crippen molar-refractivity contribution >= 4 is 11.8 Å². The molecular weight excluding hydrogens is 292 g/mol. The number of aryl methyl sites for hydroxylation is 1. The third-order valence-electron chi connectivity index (χ3n) is 4.50. The van der Waals surface area contributed by atoms with Crippen LogP contribution in [0, 0.1) is 0 Å². The normalized spacial score (nSPS) is 17.7. The second-order valence-electron chi connectivity index (χ2n) is 6.52. The van der Waals surface area contributed by atoms with Gasteiger partial charge in [0.2, 0.25) is 5.91 Å². The first-order valence-electron chi connectivity index (χ1n) is 8.34. The van der Waals surface area contributed by atoms with Crippen LogP contribution in [0.1, 0.15) is 42.7 Å². The summed E-state index contributed by atoms with van der Waals surface area (Å²) in [6.07, 6.45) is 6.56. The van der Waals surface area contributed by atoms with Crippen LogP contribution in [-0.2, 0) is 17.8 Å². The minimum absolute atomic E-state index is 0.0417. The van der Waals surface area contributed by atoms with Gasteiger partial charge in [0.25, 0.3) is 5.91 Å². The minimum atomic E-state index is 0.0417. The Balaban J connectivity index is 1.64. The maximum absolute atomic E-state index is 12.7. The number of amides is 2. The van der Waals surface area contributed by atoms with Crippen LogP contribution in [0.5, 0.6) is 0 Å². The summed E-state index contributed by atoms with van der Waals surface area (Å²) < 4.78 is 1.96. The van der Waals surface area contributed by atoms with E-state index in [0.717, 1.165) is 42.6 Å². The molecule has 3 rings (SSSR count). The highest BCUT2D eigenvalue weighted by Crippen LogP contribution is 2.20. The van der Waals surface area contributed by atoms with Crippen LogP contribution < -0.4 is 0 Å². The first-order valence-corrected chi connectivity index (χ1v) is 8.34. The lowest BCUT2D eigenvalue weighted by atomic mass is 10.1. The van der Waals surface area contributed by atoms with Crippen LogP contribution in [-0.4, -0.2) is 57.6 Å². The fourth-order valence-electron chi connectivity index (χ4n) is 3.24. The maximum Gasteiger partial charge on any atom is 0.257 e. The van der Waals surface area contributed by atoms with Crippen molar-refractivity contribution in [2.45, 2.75) is 39.7 Å². The average molecular weight is 316 g/mol. The number of carbonyl (C=O) groups is 2. The molecular formula is C17H24N4O2. The van der Waals surface area contributed by atoms with Gasteiger partial charge in [0.15, 0.2) is 0 Å². The van der Waals surface area contributed by atoms with Crippen LogP contribution in [0.25, 0.3) is 0 Å². The van der Waals surface area contributed by atoms with E-state index in [1.54, 1.807) is 12.3 Å². The van der Waals surface area contributed by atoms with Crippen molar-refractivity contribution in [1.82, 2.24) is 19.6 Å². The summed E-state index contributed by atoms with van der Waals surface area (Å²) in [7, 11) is 0. The van der Waals surface area contributed by atoms with Gasteiger partial charge in [0, 0.05) is 38.8 Å². The van der Waals surface area contributed by atoms with Crippen molar-refractivity contribution in [2.75, 3.05) is 26.2 Å². The summed E-state index contributed by atoms with van der Waals surface area (Å²) in [5.41, 5.74) is 2.82. The highest BCUT2D eigenvalue weighted by molar-refractivity contribution is 5.95. The Kier molecular flexibility index (Phi) is 4.50. The molecule has 23 heavy (non-hydrogen) atoms. The van der Waals surface area contributed by atoms with Crippen LogP contribution >= 0.6 is 0 Å². The topological polar surface area (TPSA) is 58.4 Å². The van der Waals surface area contributed by atoms with Gasteiger partial charge in [-0.3, -0.25) is 14.3 Å². The lowest BCUT2D eigenvalue weighted by Gasteiger charge is -2.34. The monoisotopic (exact) mass is 316 g/mol. The molecule has 124 valence electrons. The van der Waals surface area contributed by atoms with Gasteiger partial charge in [-0.25, -0.2) is 0 Å². The lowest BCUT2D eigenvalue weighted by molar-refractivity contribution is -0.127. The van der Waals surface area contributed by atoms with E-state index in [0.29, 0.717) is 26.2 Å². The smallest absolute Gasteiger partial charge is 0.257 e. The fraction of sp³-hybridized carbons (Fsp3) is 0.588. The molecule has 3 heterocycles. The van der Waals surface area contributed by atoms with E-state index in [-0.39, 0.29) is 11.8 Å². The Labute approximate surface area is 136 Å². The molecule has 0 N–H and O–H groups in total. The molecule has 2 aliphatic heterocycles. The lowest BCUT2D eigenvalue weighted by Crippen LogP contribution is -2.50. The average Bonchev–Trinajstić information content (AvgIpc) is 2.97. The summed E-state index contributed by atoms with van der Waals surface area (Å²) in [5, 5.41) is 4.35. The minimum Gasteiger partial charge on any atom is -0.336 e. The molecule has 0 unspecified atom stereocenters. The Hall–Kier alpha value is -2.11. The van der Waals surface area contributed by atoms with Gasteiger partial charge in [-0.2, -0.15) is 5.10 Å². The van der Waals surface area contributed by atoms with E-state index < -0.39 is 0 Å². The van der Waals surface area contributed by atoms with Crippen molar-refractivity contribution in [3.05, 3.63) is 29.1 Å². The Bertz CT molecular complexity index is 635.